The lowest BCUT2D eigenvalue weighted by Crippen LogP contribution is -2.07. The molecule has 0 aromatic heterocycles. The molecule has 13 heavy (non-hydrogen) atoms. The van der Waals surface area contributed by atoms with Crippen molar-refractivity contribution in [1.29, 1.82) is 0 Å². The van der Waals surface area contributed by atoms with E-state index in [-0.39, 0.29) is 0 Å². The molecule has 2 heteroatoms. The number of aliphatic hydroxyl groups excluding tert-OH is 1. The fraction of sp³-hybridized carbons (Fsp3) is 0.273. The third-order valence-corrected chi connectivity index (χ3v) is 1.99. The Morgan fingerprint density at radius 1 is 1.46 bits per heavy atom. The van der Waals surface area contributed by atoms with Crippen LogP contribution in [-0.4, -0.2) is 11.2 Å². The summed E-state index contributed by atoms with van der Waals surface area (Å²) in [5.74, 6) is 0. The summed E-state index contributed by atoms with van der Waals surface area (Å²) in [7, 11) is 0. The molecule has 1 atom stereocenters. The van der Waals surface area contributed by atoms with E-state index in [1.165, 1.54) is 0 Å². The van der Waals surface area contributed by atoms with Crippen LogP contribution < -0.4 is 0 Å². The first-order valence-corrected chi connectivity index (χ1v) is 4.23. The van der Waals surface area contributed by atoms with Crippen LogP contribution in [0.1, 0.15) is 11.1 Å². The van der Waals surface area contributed by atoms with E-state index in [9.17, 15) is 9.50 Å². The van der Waals surface area contributed by atoms with Gasteiger partial charge in [-0.1, -0.05) is 24.3 Å². The number of halogens is 1. The maximum Gasteiger partial charge on any atom is 0.0852 e. The van der Waals surface area contributed by atoms with Crippen molar-refractivity contribution in [2.24, 2.45) is 0 Å². The zero-order chi connectivity index (χ0) is 9.68. The molecule has 1 N–H and O–H groups in total. The summed E-state index contributed by atoms with van der Waals surface area (Å²) in [5.41, 5.74) is 2.17. The zero-order valence-electron chi connectivity index (χ0n) is 7.57. The van der Waals surface area contributed by atoms with Crippen molar-refractivity contribution >= 4 is 0 Å². The van der Waals surface area contributed by atoms with Crippen molar-refractivity contribution in [2.45, 2.75) is 19.4 Å². The molecule has 0 saturated carbocycles. The summed E-state index contributed by atoms with van der Waals surface area (Å²) >= 11 is 0. The van der Waals surface area contributed by atoms with Gasteiger partial charge in [0.25, 0.3) is 0 Å². The maximum absolute atomic E-state index is 11.7. The summed E-state index contributed by atoms with van der Waals surface area (Å²) in [6.07, 6.45) is 1.26. The van der Waals surface area contributed by atoms with E-state index in [1.54, 1.807) is 0 Å². The largest absolute Gasteiger partial charge is 0.389 e. The van der Waals surface area contributed by atoms with Crippen LogP contribution in [0.3, 0.4) is 0 Å². The molecule has 0 aliphatic rings. The van der Waals surface area contributed by atoms with Crippen LogP contribution in [0.25, 0.3) is 0 Å². The summed E-state index contributed by atoms with van der Waals surface area (Å²) in [6, 6.07) is 7.76. The topological polar surface area (TPSA) is 20.2 Å². The number of hydrogen-bond acceptors (Lipinski definition) is 1. The number of aliphatic hydroxyl groups is 1. The van der Waals surface area contributed by atoms with Crippen LogP contribution in [0.15, 0.2) is 36.7 Å². The maximum atomic E-state index is 11.7. The molecular formula is C11H13FO. The third-order valence-electron chi connectivity index (χ3n) is 1.99. The average molecular weight is 180 g/mol. The molecule has 0 spiro atoms. The summed E-state index contributed by atoms with van der Waals surface area (Å²) in [5, 5.41) is 9.30. The Morgan fingerprint density at radius 2 is 2.15 bits per heavy atom. The molecule has 0 aliphatic carbocycles. The van der Waals surface area contributed by atoms with E-state index in [0.717, 1.165) is 17.2 Å². The van der Waals surface area contributed by atoms with Gasteiger partial charge in [0.2, 0.25) is 0 Å². The predicted octanol–water partition coefficient (Wildman–Crippen LogP) is 2.38. The highest BCUT2D eigenvalue weighted by Gasteiger charge is 2.02. The SMILES string of the molecule is Cc1ccccc1CC(O)/C=C/F. The van der Waals surface area contributed by atoms with Gasteiger partial charge in [-0.05, 0) is 24.1 Å². The molecule has 0 amide bonds. The fourth-order valence-electron chi connectivity index (χ4n) is 1.22. The molecule has 0 saturated heterocycles. The molecule has 70 valence electrons. The molecule has 1 aromatic carbocycles. The van der Waals surface area contributed by atoms with Gasteiger partial charge in [0.1, 0.15) is 0 Å². The van der Waals surface area contributed by atoms with Gasteiger partial charge in [0.15, 0.2) is 0 Å². The monoisotopic (exact) mass is 180 g/mol. The van der Waals surface area contributed by atoms with Gasteiger partial charge in [0.05, 0.1) is 12.4 Å². The van der Waals surface area contributed by atoms with Gasteiger partial charge in [-0.2, -0.15) is 0 Å². The molecule has 1 unspecified atom stereocenters. The minimum absolute atomic E-state index is 0.378. The van der Waals surface area contributed by atoms with Gasteiger partial charge >= 0.3 is 0 Å². The van der Waals surface area contributed by atoms with Gasteiger partial charge < -0.3 is 5.11 Å². The first-order valence-electron chi connectivity index (χ1n) is 4.23. The van der Waals surface area contributed by atoms with Crippen molar-refractivity contribution in [3.8, 4) is 0 Å². The fourth-order valence-corrected chi connectivity index (χ4v) is 1.22. The van der Waals surface area contributed by atoms with E-state index >= 15 is 0 Å². The van der Waals surface area contributed by atoms with Crippen molar-refractivity contribution in [1.82, 2.24) is 0 Å². The number of aryl methyl sites for hydroxylation is 1. The van der Waals surface area contributed by atoms with Gasteiger partial charge in [-0.25, -0.2) is 4.39 Å². The number of benzene rings is 1. The van der Waals surface area contributed by atoms with Crippen molar-refractivity contribution in [3.05, 3.63) is 47.8 Å². The van der Waals surface area contributed by atoms with E-state index in [0.29, 0.717) is 12.8 Å². The van der Waals surface area contributed by atoms with Crippen LogP contribution in [0.4, 0.5) is 4.39 Å². The Bertz CT molecular complexity index is 294. The second-order valence-corrected chi connectivity index (χ2v) is 3.02. The lowest BCUT2D eigenvalue weighted by Gasteiger charge is -2.07. The molecule has 0 aliphatic heterocycles. The van der Waals surface area contributed by atoms with E-state index in [2.05, 4.69) is 0 Å². The first-order chi connectivity index (χ1) is 6.24. The highest BCUT2D eigenvalue weighted by atomic mass is 19.1. The normalized spacial score (nSPS) is 13.5. The summed E-state index contributed by atoms with van der Waals surface area (Å²) in [6.45, 7) is 1.97. The van der Waals surface area contributed by atoms with Crippen LogP contribution in [0.2, 0.25) is 0 Å². The molecular weight excluding hydrogens is 167 g/mol. The Morgan fingerprint density at radius 3 is 2.77 bits per heavy atom. The molecule has 0 bridgehead atoms. The van der Waals surface area contributed by atoms with Crippen LogP contribution in [0, 0.1) is 6.92 Å². The average Bonchev–Trinajstić information content (AvgIpc) is 2.09. The quantitative estimate of drug-likeness (QED) is 0.757. The van der Waals surface area contributed by atoms with Gasteiger partial charge in [0, 0.05) is 6.42 Å². The Labute approximate surface area is 77.5 Å². The third kappa shape index (κ3) is 2.99. The standard InChI is InChI=1S/C11H13FO/c1-9-4-2-3-5-10(9)8-11(13)6-7-12/h2-7,11,13H,8H2,1H3/b7-6+. The van der Waals surface area contributed by atoms with Crippen LogP contribution in [-0.2, 0) is 6.42 Å². The van der Waals surface area contributed by atoms with Crippen molar-refractivity contribution < 1.29 is 9.50 Å². The van der Waals surface area contributed by atoms with Crippen LogP contribution in [0.5, 0.6) is 0 Å². The molecule has 0 fully saturated rings. The minimum atomic E-state index is -0.730. The lowest BCUT2D eigenvalue weighted by molar-refractivity contribution is 0.222. The number of rotatable bonds is 3. The molecule has 0 radical (unpaired) electrons. The van der Waals surface area contributed by atoms with Crippen molar-refractivity contribution in [2.75, 3.05) is 0 Å². The van der Waals surface area contributed by atoms with Crippen LogP contribution >= 0.6 is 0 Å². The minimum Gasteiger partial charge on any atom is -0.389 e. The van der Waals surface area contributed by atoms with E-state index < -0.39 is 6.10 Å². The highest BCUT2D eigenvalue weighted by Crippen LogP contribution is 2.10. The van der Waals surface area contributed by atoms with E-state index in [4.69, 9.17) is 0 Å². The first kappa shape index (κ1) is 9.93. The second kappa shape index (κ2) is 4.77. The summed E-state index contributed by atoms with van der Waals surface area (Å²) in [4.78, 5) is 0. The Balaban J connectivity index is 2.68. The van der Waals surface area contributed by atoms with Crippen molar-refractivity contribution in [3.63, 3.8) is 0 Å². The predicted molar refractivity (Wildman–Crippen MR) is 51.1 cm³/mol. The molecule has 1 nitrogen and oxygen atoms in total. The summed E-state index contributed by atoms with van der Waals surface area (Å²) < 4.78 is 11.7. The molecule has 0 heterocycles. The van der Waals surface area contributed by atoms with Gasteiger partial charge in [-0.3, -0.25) is 0 Å². The van der Waals surface area contributed by atoms with E-state index in [1.807, 2.05) is 31.2 Å². The highest BCUT2D eigenvalue weighted by molar-refractivity contribution is 5.26. The Hall–Kier alpha value is -1.15. The second-order valence-electron chi connectivity index (χ2n) is 3.02. The smallest absolute Gasteiger partial charge is 0.0852 e. The molecule has 1 rings (SSSR count). The molecule has 1 aromatic rings. The number of hydrogen-bond donors (Lipinski definition) is 1. The lowest BCUT2D eigenvalue weighted by atomic mass is 10.0. The zero-order valence-corrected chi connectivity index (χ0v) is 7.57. The van der Waals surface area contributed by atoms with Gasteiger partial charge in [-0.15, -0.1) is 0 Å². The Kier molecular flexibility index (Phi) is 3.65.